The number of carboxylic acid groups (broad SMARTS) is 1. The van der Waals surface area contributed by atoms with E-state index in [0.717, 1.165) is 36.6 Å². The summed E-state index contributed by atoms with van der Waals surface area (Å²) in [5.41, 5.74) is 0.833. The Labute approximate surface area is 124 Å². The van der Waals surface area contributed by atoms with E-state index in [9.17, 15) is 13.6 Å². The molecule has 1 fully saturated rings. The molecule has 7 heteroatoms. The molecule has 1 aromatic carbocycles. The first-order valence-electron chi connectivity index (χ1n) is 6.75. The lowest BCUT2D eigenvalue weighted by Crippen LogP contribution is -2.09. The predicted molar refractivity (Wildman–Crippen MR) is 76.3 cm³/mol. The van der Waals surface area contributed by atoms with Crippen molar-refractivity contribution in [3.63, 3.8) is 0 Å². The van der Waals surface area contributed by atoms with Gasteiger partial charge < -0.3 is 9.67 Å². The third kappa shape index (κ3) is 2.74. The summed E-state index contributed by atoms with van der Waals surface area (Å²) < 4.78 is 28.6. The minimum Gasteiger partial charge on any atom is -0.481 e. The van der Waals surface area contributed by atoms with E-state index in [2.05, 4.69) is 4.98 Å². The number of nitrogens with zero attached hydrogens (tertiary/aromatic N) is 2. The van der Waals surface area contributed by atoms with E-state index in [1.807, 2.05) is 0 Å². The highest BCUT2D eigenvalue weighted by Crippen LogP contribution is 2.40. The van der Waals surface area contributed by atoms with Crippen LogP contribution in [0.3, 0.4) is 0 Å². The van der Waals surface area contributed by atoms with Crippen LogP contribution in [0.1, 0.15) is 30.3 Å². The van der Waals surface area contributed by atoms with Crippen LogP contribution >= 0.6 is 11.8 Å². The first-order valence-corrected chi connectivity index (χ1v) is 7.79. The minimum absolute atomic E-state index is 0.0746. The molecule has 1 atom stereocenters. The van der Waals surface area contributed by atoms with Gasteiger partial charge in [0.15, 0.2) is 11.6 Å². The second-order valence-electron chi connectivity index (χ2n) is 5.02. The van der Waals surface area contributed by atoms with Crippen LogP contribution in [0.2, 0.25) is 0 Å². The average molecular weight is 312 g/mol. The molecule has 1 saturated heterocycles. The molecule has 2 aromatic rings. The highest BCUT2D eigenvalue weighted by atomic mass is 32.2. The fourth-order valence-electron chi connectivity index (χ4n) is 2.61. The summed E-state index contributed by atoms with van der Waals surface area (Å²) in [7, 11) is 0. The van der Waals surface area contributed by atoms with Gasteiger partial charge in [-0.15, -0.1) is 0 Å². The maximum Gasteiger partial charge on any atom is 0.305 e. The van der Waals surface area contributed by atoms with Crippen molar-refractivity contribution >= 4 is 28.8 Å². The molecule has 112 valence electrons. The number of benzene rings is 1. The molecule has 21 heavy (non-hydrogen) atoms. The van der Waals surface area contributed by atoms with Crippen molar-refractivity contribution in [3.05, 3.63) is 29.6 Å². The Balaban J connectivity index is 2.10. The van der Waals surface area contributed by atoms with Gasteiger partial charge in [0, 0.05) is 18.7 Å². The Hall–Kier alpha value is -1.63. The van der Waals surface area contributed by atoms with Crippen molar-refractivity contribution < 1.29 is 18.7 Å². The number of aliphatic carboxylic acids is 1. The number of aromatic nitrogens is 2. The van der Waals surface area contributed by atoms with Crippen LogP contribution in [0, 0.1) is 11.6 Å². The van der Waals surface area contributed by atoms with Gasteiger partial charge in [0.25, 0.3) is 0 Å². The molecule has 4 nitrogen and oxygen atoms in total. The fraction of sp³-hybridized carbons (Fsp3) is 0.429. The largest absolute Gasteiger partial charge is 0.481 e. The van der Waals surface area contributed by atoms with Crippen LogP contribution in [0.15, 0.2) is 12.1 Å². The Morgan fingerprint density at radius 3 is 2.86 bits per heavy atom. The van der Waals surface area contributed by atoms with Crippen LogP contribution in [0.4, 0.5) is 8.78 Å². The molecule has 0 bridgehead atoms. The molecular weight excluding hydrogens is 298 g/mol. The number of halogens is 2. The highest BCUT2D eigenvalue weighted by Gasteiger charge is 2.25. The van der Waals surface area contributed by atoms with Gasteiger partial charge in [-0.25, -0.2) is 13.8 Å². The topological polar surface area (TPSA) is 55.1 Å². The molecule has 3 rings (SSSR count). The molecule has 0 spiro atoms. The monoisotopic (exact) mass is 312 g/mol. The summed E-state index contributed by atoms with van der Waals surface area (Å²) in [6, 6.07) is 2.17. The van der Waals surface area contributed by atoms with E-state index in [1.165, 1.54) is 0 Å². The lowest BCUT2D eigenvalue weighted by atomic mass is 10.2. The number of hydrogen-bond acceptors (Lipinski definition) is 3. The second kappa shape index (κ2) is 5.63. The average Bonchev–Trinajstić information content (AvgIpc) is 3.04. The lowest BCUT2D eigenvalue weighted by Gasteiger charge is -2.12. The number of rotatable bonds is 4. The number of aryl methyl sites for hydroxylation is 1. The third-order valence-electron chi connectivity index (χ3n) is 3.59. The van der Waals surface area contributed by atoms with Crippen molar-refractivity contribution in [3.8, 4) is 0 Å². The van der Waals surface area contributed by atoms with Gasteiger partial charge in [0.1, 0.15) is 5.82 Å². The molecule has 0 saturated carbocycles. The van der Waals surface area contributed by atoms with E-state index in [-0.39, 0.29) is 18.2 Å². The van der Waals surface area contributed by atoms with Gasteiger partial charge in [0.2, 0.25) is 0 Å². The van der Waals surface area contributed by atoms with Gasteiger partial charge in [-0.1, -0.05) is 0 Å². The van der Waals surface area contributed by atoms with Crippen molar-refractivity contribution in [2.75, 3.05) is 5.75 Å². The second-order valence-corrected chi connectivity index (χ2v) is 6.33. The number of thioether (sulfide) groups is 1. The Morgan fingerprint density at radius 2 is 2.19 bits per heavy atom. The molecule has 1 aliphatic heterocycles. The van der Waals surface area contributed by atoms with Gasteiger partial charge in [0.05, 0.1) is 22.7 Å². The van der Waals surface area contributed by atoms with Crippen molar-refractivity contribution in [2.24, 2.45) is 0 Å². The number of hydrogen-bond donors (Lipinski definition) is 1. The summed E-state index contributed by atoms with van der Waals surface area (Å²) in [4.78, 5) is 15.2. The molecule has 0 amide bonds. The molecule has 0 aliphatic carbocycles. The van der Waals surface area contributed by atoms with Crippen LogP contribution in [0.5, 0.6) is 0 Å². The summed E-state index contributed by atoms with van der Waals surface area (Å²) in [5.74, 6) is -1.06. The van der Waals surface area contributed by atoms with E-state index in [4.69, 9.17) is 5.11 Å². The molecule has 1 unspecified atom stereocenters. The van der Waals surface area contributed by atoms with E-state index >= 15 is 0 Å². The summed E-state index contributed by atoms with van der Waals surface area (Å²) in [6.45, 7) is 0.212. The van der Waals surface area contributed by atoms with Gasteiger partial charge in [-0.2, -0.15) is 11.8 Å². The lowest BCUT2D eigenvalue weighted by molar-refractivity contribution is -0.137. The number of carbonyl (C=O) groups is 1. The molecule has 2 heterocycles. The predicted octanol–water partition coefficient (Wildman–Crippen LogP) is 3.36. The van der Waals surface area contributed by atoms with E-state index < -0.39 is 17.6 Å². The van der Waals surface area contributed by atoms with Gasteiger partial charge >= 0.3 is 5.97 Å². The van der Waals surface area contributed by atoms with Crippen LogP contribution in [-0.4, -0.2) is 26.4 Å². The van der Waals surface area contributed by atoms with Crippen molar-refractivity contribution in [2.45, 2.75) is 31.1 Å². The summed E-state index contributed by atoms with van der Waals surface area (Å²) >= 11 is 1.75. The fourth-order valence-corrected chi connectivity index (χ4v) is 3.89. The molecule has 1 aliphatic rings. The minimum atomic E-state index is -0.940. The van der Waals surface area contributed by atoms with Crippen LogP contribution in [0.25, 0.3) is 11.0 Å². The zero-order valence-corrected chi connectivity index (χ0v) is 12.0. The van der Waals surface area contributed by atoms with E-state index in [0.29, 0.717) is 11.0 Å². The normalized spacial score (nSPS) is 18.5. The van der Waals surface area contributed by atoms with Gasteiger partial charge in [-0.05, 0) is 18.6 Å². The Morgan fingerprint density at radius 1 is 1.43 bits per heavy atom. The number of fused-ring (bicyclic) bond motifs is 1. The first kappa shape index (κ1) is 14.3. The number of carboxylic acids is 1. The van der Waals surface area contributed by atoms with Gasteiger partial charge in [-0.3, -0.25) is 4.79 Å². The Bertz CT molecular complexity index is 696. The maximum atomic E-state index is 13.5. The van der Waals surface area contributed by atoms with Crippen molar-refractivity contribution in [1.82, 2.24) is 9.55 Å². The molecule has 1 aromatic heterocycles. The SMILES string of the molecule is O=C(O)CCn1c(C2CCCS2)nc2cc(F)c(F)cc21. The van der Waals surface area contributed by atoms with E-state index in [1.54, 1.807) is 16.3 Å². The molecule has 1 N–H and O–H groups in total. The first-order chi connectivity index (χ1) is 10.1. The molecule has 0 radical (unpaired) electrons. The zero-order valence-electron chi connectivity index (χ0n) is 11.2. The number of imidazole rings is 1. The standard InChI is InChI=1S/C14H14F2N2O2S/c15-8-6-10-11(7-9(8)16)18(4-3-13(19)20)14(17-10)12-2-1-5-21-12/h6-7,12H,1-5H2,(H,19,20). The maximum absolute atomic E-state index is 13.5. The van der Waals surface area contributed by atoms with Crippen molar-refractivity contribution in [1.29, 1.82) is 0 Å². The molecular formula is C14H14F2N2O2S. The summed E-state index contributed by atoms with van der Waals surface area (Å²) in [5, 5.41) is 9.03. The summed E-state index contributed by atoms with van der Waals surface area (Å²) in [6.07, 6.45) is 1.95. The van der Waals surface area contributed by atoms with Crippen LogP contribution < -0.4 is 0 Å². The van der Waals surface area contributed by atoms with Crippen LogP contribution in [-0.2, 0) is 11.3 Å². The Kier molecular flexibility index (Phi) is 3.84. The third-order valence-corrected chi connectivity index (χ3v) is 4.96. The zero-order chi connectivity index (χ0) is 15.0. The smallest absolute Gasteiger partial charge is 0.305 e. The highest BCUT2D eigenvalue weighted by molar-refractivity contribution is 7.99. The quantitative estimate of drug-likeness (QED) is 0.940.